The van der Waals surface area contributed by atoms with Gasteiger partial charge in [-0.15, -0.1) is 0 Å². The number of nitrogens with one attached hydrogen (secondary N) is 1. The lowest BCUT2D eigenvalue weighted by atomic mass is 9.96. The Morgan fingerprint density at radius 3 is 1.82 bits per heavy atom. The topological polar surface area (TPSA) is 46.2 Å². The molecule has 17 heavy (non-hydrogen) atoms. The van der Waals surface area contributed by atoms with Gasteiger partial charge in [-0.25, -0.2) is 8.42 Å². The molecule has 0 atom stereocenters. The molecule has 0 fully saturated rings. The van der Waals surface area contributed by atoms with Crippen LogP contribution < -0.4 is 5.32 Å². The van der Waals surface area contributed by atoms with Gasteiger partial charge in [0.1, 0.15) is 0 Å². The van der Waals surface area contributed by atoms with Crippen LogP contribution in [0.3, 0.4) is 0 Å². The molecule has 0 aliphatic rings. The van der Waals surface area contributed by atoms with Gasteiger partial charge in [-0.3, -0.25) is 0 Å². The molecule has 0 aromatic rings. The van der Waals surface area contributed by atoms with E-state index in [1.54, 1.807) is 6.92 Å². The fraction of sp³-hybridized carbons (Fsp3) is 1.00. The molecule has 0 aliphatic carbocycles. The third-order valence-electron chi connectivity index (χ3n) is 2.80. The maximum atomic E-state index is 11.4. The van der Waals surface area contributed by atoms with Crippen LogP contribution >= 0.6 is 0 Å². The van der Waals surface area contributed by atoms with E-state index in [4.69, 9.17) is 0 Å². The normalized spacial score (nSPS) is 12.9. The Bertz CT molecular complexity index is 274. The molecule has 0 heterocycles. The van der Waals surface area contributed by atoms with Crippen molar-refractivity contribution in [2.45, 2.75) is 53.5 Å². The molecule has 4 heteroatoms. The summed E-state index contributed by atoms with van der Waals surface area (Å²) in [5.41, 5.74) is 0. The monoisotopic (exact) mass is 263 g/mol. The SMILES string of the molecule is CCS(=O)(=O)CCNC(CC(C)C)CC(C)C. The van der Waals surface area contributed by atoms with Gasteiger partial charge in [-0.05, 0) is 24.7 Å². The molecule has 0 saturated heterocycles. The highest BCUT2D eigenvalue weighted by Gasteiger charge is 2.14. The average molecular weight is 263 g/mol. The summed E-state index contributed by atoms with van der Waals surface area (Å²) in [5.74, 6) is 1.80. The highest BCUT2D eigenvalue weighted by Crippen LogP contribution is 2.13. The van der Waals surface area contributed by atoms with E-state index in [1.165, 1.54) is 0 Å². The summed E-state index contributed by atoms with van der Waals surface area (Å²) in [6.07, 6.45) is 2.23. The summed E-state index contributed by atoms with van der Waals surface area (Å²) in [6.45, 7) is 11.1. The molecule has 0 radical (unpaired) electrons. The van der Waals surface area contributed by atoms with E-state index >= 15 is 0 Å². The molecule has 3 nitrogen and oxygen atoms in total. The summed E-state index contributed by atoms with van der Waals surface area (Å²) in [5, 5.41) is 3.39. The van der Waals surface area contributed by atoms with Gasteiger partial charge in [0, 0.05) is 18.3 Å². The van der Waals surface area contributed by atoms with Gasteiger partial charge in [-0.1, -0.05) is 34.6 Å². The van der Waals surface area contributed by atoms with Crippen molar-refractivity contribution in [1.82, 2.24) is 5.32 Å². The number of sulfone groups is 1. The average Bonchev–Trinajstić information content (AvgIpc) is 2.15. The predicted molar refractivity (Wildman–Crippen MR) is 75.0 cm³/mol. The van der Waals surface area contributed by atoms with Gasteiger partial charge < -0.3 is 5.32 Å². The molecule has 1 N–H and O–H groups in total. The second-order valence-corrected chi connectivity index (χ2v) is 8.12. The van der Waals surface area contributed by atoms with Crippen LogP contribution in [0.5, 0.6) is 0 Å². The van der Waals surface area contributed by atoms with Crippen LogP contribution in [-0.2, 0) is 9.84 Å². The van der Waals surface area contributed by atoms with Gasteiger partial charge >= 0.3 is 0 Å². The molecule has 0 bridgehead atoms. The summed E-state index contributed by atoms with van der Waals surface area (Å²) in [4.78, 5) is 0. The summed E-state index contributed by atoms with van der Waals surface area (Å²) < 4.78 is 22.8. The third-order valence-corrected chi connectivity index (χ3v) is 4.50. The minimum Gasteiger partial charge on any atom is -0.313 e. The molecular weight excluding hydrogens is 234 g/mol. The zero-order chi connectivity index (χ0) is 13.5. The van der Waals surface area contributed by atoms with Crippen LogP contribution in [-0.4, -0.2) is 32.5 Å². The van der Waals surface area contributed by atoms with Crippen LogP contribution in [0.25, 0.3) is 0 Å². The quantitative estimate of drug-likeness (QED) is 0.695. The van der Waals surface area contributed by atoms with E-state index in [0.29, 0.717) is 24.4 Å². The molecule has 0 amide bonds. The van der Waals surface area contributed by atoms with Gasteiger partial charge in [0.15, 0.2) is 9.84 Å². The smallest absolute Gasteiger partial charge is 0.151 e. The maximum Gasteiger partial charge on any atom is 0.151 e. The lowest BCUT2D eigenvalue weighted by Crippen LogP contribution is -2.35. The van der Waals surface area contributed by atoms with Crippen molar-refractivity contribution >= 4 is 9.84 Å². The molecule has 0 aliphatic heterocycles. The second kappa shape index (κ2) is 8.09. The molecule has 0 spiro atoms. The first-order valence-electron chi connectivity index (χ1n) is 6.70. The largest absolute Gasteiger partial charge is 0.313 e. The lowest BCUT2D eigenvalue weighted by Gasteiger charge is -2.22. The maximum absolute atomic E-state index is 11.4. The van der Waals surface area contributed by atoms with Crippen molar-refractivity contribution in [3.8, 4) is 0 Å². The minimum absolute atomic E-state index is 0.244. The number of hydrogen-bond acceptors (Lipinski definition) is 3. The molecule has 0 saturated carbocycles. The Morgan fingerprint density at radius 1 is 1.00 bits per heavy atom. The van der Waals surface area contributed by atoms with E-state index in [9.17, 15) is 8.42 Å². The van der Waals surface area contributed by atoms with E-state index in [-0.39, 0.29) is 11.5 Å². The van der Waals surface area contributed by atoms with E-state index in [2.05, 4.69) is 33.0 Å². The highest BCUT2D eigenvalue weighted by atomic mass is 32.2. The lowest BCUT2D eigenvalue weighted by molar-refractivity contribution is 0.365. The van der Waals surface area contributed by atoms with Crippen LogP contribution in [0.2, 0.25) is 0 Å². The van der Waals surface area contributed by atoms with E-state index in [0.717, 1.165) is 12.8 Å². The first kappa shape index (κ1) is 16.9. The molecule has 104 valence electrons. The highest BCUT2D eigenvalue weighted by molar-refractivity contribution is 7.91. The van der Waals surface area contributed by atoms with Crippen molar-refractivity contribution in [3.05, 3.63) is 0 Å². The minimum atomic E-state index is -2.83. The van der Waals surface area contributed by atoms with Crippen LogP contribution in [0.4, 0.5) is 0 Å². The van der Waals surface area contributed by atoms with Gasteiger partial charge in [0.05, 0.1) is 5.75 Å². The Morgan fingerprint density at radius 2 is 1.47 bits per heavy atom. The molecule has 0 aromatic carbocycles. The molecule has 0 aromatic heterocycles. The van der Waals surface area contributed by atoms with Crippen molar-refractivity contribution in [3.63, 3.8) is 0 Å². The zero-order valence-corrected chi connectivity index (χ0v) is 12.8. The van der Waals surface area contributed by atoms with E-state index in [1.807, 2.05) is 0 Å². The van der Waals surface area contributed by atoms with Crippen LogP contribution in [0.1, 0.15) is 47.5 Å². The Hall–Kier alpha value is -0.0900. The fourth-order valence-electron chi connectivity index (χ4n) is 1.96. The Kier molecular flexibility index (Phi) is 8.05. The van der Waals surface area contributed by atoms with Gasteiger partial charge in [0.2, 0.25) is 0 Å². The van der Waals surface area contributed by atoms with Crippen molar-refractivity contribution < 1.29 is 8.42 Å². The first-order chi connectivity index (χ1) is 7.76. The van der Waals surface area contributed by atoms with Crippen LogP contribution in [0.15, 0.2) is 0 Å². The molecule has 0 unspecified atom stereocenters. The van der Waals surface area contributed by atoms with Crippen LogP contribution in [0, 0.1) is 11.8 Å². The molecular formula is C13H29NO2S. The number of rotatable bonds is 9. The summed E-state index contributed by atoms with van der Waals surface area (Å²) in [6, 6.07) is 0.446. The van der Waals surface area contributed by atoms with Crippen molar-refractivity contribution in [2.24, 2.45) is 11.8 Å². The Labute approximate surface area is 107 Å². The zero-order valence-electron chi connectivity index (χ0n) is 12.0. The summed E-state index contributed by atoms with van der Waals surface area (Å²) >= 11 is 0. The fourth-order valence-corrected chi connectivity index (χ4v) is 2.68. The van der Waals surface area contributed by atoms with Crippen molar-refractivity contribution in [2.75, 3.05) is 18.1 Å². The van der Waals surface area contributed by atoms with Gasteiger partial charge in [-0.2, -0.15) is 0 Å². The van der Waals surface area contributed by atoms with Gasteiger partial charge in [0.25, 0.3) is 0 Å². The van der Waals surface area contributed by atoms with E-state index < -0.39 is 9.84 Å². The standard InChI is InChI=1S/C13H29NO2S/c1-6-17(15,16)8-7-14-13(9-11(2)3)10-12(4)5/h11-14H,6-10H2,1-5H3. The predicted octanol–water partition coefficient (Wildman–Crippen LogP) is 2.47. The van der Waals surface area contributed by atoms with Crippen molar-refractivity contribution in [1.29, 1.82) is 0 Å². The Balaban J connectivity index is 4.07. The molecule has 0 rings (SSSR count). The second-order valence-electron chi connectivity index (χ2n) is 5.65. The summed E-state index contributed by atoms with van der Waals surface area (Å²) in [7, 11) is -2.83. The first-order valence-corrected chi connectivity index (χ1v) is 8.52. The number of hydrogen-bond donors (Lipinski definition) is 1. The third kappa shape index (κ3) is 9.60.